The maximum Gasteiger partial charge on any atom is 0.256 e. The zero-order valence-corrected chi connectivity index (χ0v) is 18.7. The zero-order valence-electron chi connectivity index (χ0n) is 17.0. The lowest BCUT2D eigenvalue weighted by molar-refractivity contribution is 0.102. The molecule has 0 aromatic heterocycles. The van der Waals surface area contributed by atoms with Crippen LogP contribution in [0.15, 0.2) is 53.4 Å². The molecule has 160 valence electrons. The van der Waals surface area contributed by atoms with E-state index < -0.39 is 9.84 Å². The van der Waals surface area contributed by atoms with E-state index in [4.69, 9.17) is 0 Å². The van der Waals surface area contributed by atoms with Gasteiger partial charge in [-0.2, -0.15) is 0 Å². The molecular formula is C23H28N2O3S2. The average molecular weight is 445 g/mol. The fraction of sp³-hybridized carbons (Fsp3) is 0.435. The second-order valence-electron chi connectivity index (χ2n) is 8.04. The number of hydrogen-bond acceptors (Lipinski definition) is 5. The predicted octanol–water partition coefficient (Wildman–Crippen LogP) is 4.60. The van der Waals surface area contributed by atoms with Crippen molar-refractivity contribution in [2.75, 3.05) is 34.8 Å². The second kappa shape index (κ2) is 9.43. The second-order valence-corrected chi connectivity index (χ2v) is 11.6. The van der Waals surface area contributed by atoms with Gasteiger partial charge in [0.15, 0.2) is 9.84 Å². The maximum absolute atomic E-state index is 12.9. The summed E-state index contributed by atoms with van der Waals surface area (Å²) in [5.74, 6) is 0.259. The molecule has 2 heterocycles. The summed E-state index contributed by atoms with van der Waals surface area (Å²) in [6.45, 7) is 2.18. The minimum Gasteiger partial charge on any atom is -0.372 e. The third kappa shape index (κ3) is 5.38. The van der Waals surface area contributed by atoms with Gasteiger partial charge in [-0.15, -0.1) is 11.8 Å². The third-order valence-electron chi connectivity index (χ3n) is 5.71. The van der Waals surface area contributed by atoms with Crippen LogP contribution in [-0.4, -0.2) is 44.2 Å². The number of nitrogens with one attached hydrogen (secondary N) is 1. The van der Waals surface area contributed by atoms with Gasteiger partial charge in [0.05, 0.1) is 17.1 Å². The van der Waals surface area contributed by atoms with Crippen molar-refractivity contribution in [1.29, 1.82) is 0 Å². The van der Waals surface area contributed by atoms with Crippen molar-refractivity contribution in [3.8, 4) is 0 Å². The number of carbonyl (C=O) groups is 1. The van der Waals surface area contributed by atoms with Gasteiger partial charge in [0.2, 0.25) is 0 Å². The lowest BCUT2D eigenvalue weighted by Gasteiger charge is -2.22. The molecule has 1 amide bonds. The highest BCUT2D eigenvalue weighted by atomic mass is 32.2. The molecule has 1 atom stereocenters. The molecule has 2 saturated heterocycles. The third-order valence-corrected chi connectivity index (χ3v) is 9.04. The van der Waals surface area contributed by atoms with Crippen molar-refractivity contribution >= 4 is 38.9 Å². The minimum absolute atomic E-state index is 0.0110. The molecule has 5 nitrogen and oxygen atoms in total. The molecule has 0 saturated carbocycles. The summed E-state index contributed by atoms with van der Waals surface area (Å²) in [7, 11) is -2.94. The Morgan fingerprint density at radius 3 is 2.33 bits per heavy atom. The topological polar surface area (TPSA) is 66.5 Å². The highest BCUT2D eigenvalue weighted by Crippen LogP contribution is 2.33. The van der Waals surface area contributed by atoms with Crippen LogP contribution in [0.1, 0.15) is 42.5 Å². The zero-order chi connectivity index (χ0) is 21.0. The fourth-order valence-electron chi connectivity index (χ4n) is 4.07. The van der Waals surface area contributed by atoms with Gasteiger partial charge in [0, 0.05) is 34.6 Å². The van der Waals surface area contributed by atoms with E-state index in [0.29, 0.717) is 12.0 Å². The molecule has 0 radical (unpaired) electrons. The number of nitrogens with zero attached hydrogens (tertiary/aromatic N) is 1. The van der Waals surface area contributed by atoms with Gasteiger partial charge in [0.25, 0.3) is 5.91 Å². The van der Waals surface area contributed by atoms with Crippen molar-refractivity contribution in [3.05, 3.63) is 54.1 Å². The van der Waals surface area contributed by atoms with Crippen LogP contribution >= 0.6 is 11.8 Å². The Hall–Kier alpha value is -1.99. The summed E-state index contributed by atoms with van der Waals surface area (Å²) in [5.41, 5.74) is 2.55. The summed E-state index contributed by atoms with van der Waals surface area (Å²) in [5, 5.41) is 3.00. The Balaban J connectivity index is 1.42. The summed E-state index contributed by atoms with van der Waals surface area (Å²) in [6, 6.07) is 15.5. The molecule has 2 aliphatic heterocycles. The van der Waals surface area contributed by atoms with E-state index >= 15 is 0 Å². The first-order chi connectivity index (χ1) is 14.5. The number of thioether (sulfide) groups is 1. The number of carbonyl (C=O) groups excluding carboxylic acids is 1. The van der Waals surface area contributed by atoms with Crippen LogP contribution in [0, 0.1) is 0 Å². The van der Waals surface area contributed by atoms with Gasteiger partial charge >= 0.3 is 0 Å². The Morgan fingerprint density at radius 1 is 0.967 bits per heavy atom. The molecule has 2 aromatic carbocycles. The fourth-order valence-corrected chi connectivity index (χ4v) is 7.70. The first-order valence-corrected chi connectivity index (χ1v) is 13.3. The Kier molecular flexibility index (Phi) is 6.68. The summed E-state index contributed by atoms with van der Waals surface area (Å²) >= 11 is 1.50. The molecule has 7 heteroatoms. The monoisotopic (exact) mass is 444 g/mol. The van der Waals surface area contributed by atoms with Gasteiger partial charge < -0.3 is 10.2 Å². The van der Waals surface area contributed by atoms with E-state index in [0.717, 1.165) is 23.7 Å². The van der Waals surface area contributed by atoms with Crippen molar-refractivity contribution in [2.24, 2.45) is 0 Å². The number of anilines is 2. The van der Waals surface area contributed by atoms with Crippen LogP contribution in [0.4, 0.5) is 11.4 Å². The van der Waals surface area contributed by atoms with E-state index in [1.807, 2.05) is 30.3 Å². The smallest absolute Gasteiger partial charge is 0.256 e. The lowest BCUT2D eigenvalue weighted by atomic mass is 10.2. The predicted molar refractivity (Wildman–Crippen MR) is 124 cm³/mol. The first-order valence-electron chi connectivity index (χ1n) is 10.6. The summed E-state index contributed by atoms with van der Waals surface area (Å²) in [6.07, 6.45) is 5.70. The molecule has 0 aliphatic carbocycles. The van der Waals surface area contributed by atoms with Crippen LogP contribution < -0.4 is 10.2 Å². The number of benzene rings is 2. The van der Waals surface area contributed by atoms with Gasteiger partial charge in [-0.1, -0.05) is 25.0 Å². The molecule has 1 N–H and O–H groups in total. The molecular weight excluding hydrogens is 416 g/mol. The molecule has 1 unspecified atom stereocenters. The molecule has 2 aromatic rings. The van der Waals surface area contributed by atoms with Crippen molar-refractivity contribution in [2.45, 2.75) is 42.2 Å². The van der Waals surface area contributed by atoms with Crippen LogP contribution in [0.3, 0.4) is 0 Å². The highest BCUT2D eigenvalue weighted by Gasteiger charge is 2.29. The van der Waals surface area contributed by atoms with E-state index in [1.54, 1.807) is 6.07 Å². The van der Waals surface area contributed by atoms with Crippen LogP contribution in [-0.2, 0) is 9.84 Å². The van der Waals surface area contributed by atoms with E-state index in [9.17, 15) is 13.2 Å². The SMILES string of the molecule is O=C(Nc1ccc(N2CCCCCC2)cc1)c1ccccc1SC1CCS(=O)(=O)C1. The maximum atomic E-state index is 12.9. The van der Waals surface area contributed by atoms with E-state index in [1.165, 1.54) is 43.1 Å². The van der Waals surface area contributed by atoms with Crippen molar-refractivity contribution < 1.29 is 13.2 Å². The molecule has 0 spiro atoms. The van der Waals surface area contributed by atoms with Crippen molar-refractivity contribution in [1.82, 2.24) is 0 Å². The van der Waals surface area contributed by atoms with E-state index in [2.05, 4.69) is 22.3 Å². The number of amides is 1. The van der Waals surface area contributed by atoms with Gasteiger partial charge in [-0.25, -0.2) is 8.42 Å². The molecule has 0 bridgehead atoms. The van der Waals surface area contributed by atoms with Crippen LogP contribution in [0.5, 0.6) is 0 Å². The largest absolute Gasteiger partial charge is 0.372 e. The Morgan fingerprint density at radius 2 is 1.67 bits per heavy atom. The first kappa shape index (κ1) is 21.2. The Bertz CT molecular complexity index is 982. The number of rotatable bonds is 5. The minimum atomic E-state index is -2.94. The van der Waals surface area contributed by atoms with Crippen molar-refractivity contribution in [3.63, 3.8) is 0 Å². The molecule has 2 aliphatic rings. The summed E-state index contributed by atoms with van der Waals surface area (Å²) < 4.78 is 23.5. The van der Waals surface area contributed by atoms with Crippen LogP contribution in [0.25, 0.3) is 0 Å². The lowest BCUT2D eigenvalue weighted by Crippen LogP contribution is -2.23. The quantitative estimate of drug-likeness (QED) is 0.730. The standard InChI is InChI=1S/C23H28N2O3S2/c26-23(21-7-3-4-8-22(21)29-20-13-16-30(27,28)17-20)24-18-9-11-19(12-10-18)25-14-5-1-2-6-15-25/h3-4,7-12,20H,1-2,5-6,13-17H2,(H,24,26). The van der Waals surface area contributed by atoms with Gasteiger partial charge in [-0.3, -0.25) is 4.79 Å². The summed E-state index contributed by atoms with van der Waals surface area (Å²) in [4.78, 5) is 16.2. The Labute approximate surface area is 183 Å². The normalized spacial score (nSPS) is 21.2. The van der Waals surface area contributed by atoms with Gasteiger partial charge in [-0.05, 0) is 55.7 Å². The van der Waals surface area contributed by atoms with E-state index in [-0.39, 0.29) is 22.7 Å². The molecule has 30 heavy (non-hydrogen) atoms. The molecule has 4 rings (SSSR count). The van der Waals surface area contributed by atoms with Gasteiger partial charge in [0.1, 0.15) is 0 Å². The van der Waals surface area contributed by atoms with Crippen LogP contribution in [0.2, 0.25) is 0 Å². The number of sulfone groups is 1. The highest BCUT2D eigenvalue weighted by molar-refractivity contribution is 8.02. The number of hydrogen-bond donors (Lipinski definition) is 1. The average Bonchev–Trinajstić information content (AvgIpc) is 2.93. The molecule has 2 fully saturated rings.